The van der Waals surface area contributed by atoms with Gasteiger partial charge in [0.1, 0.15) is 0 Å². The summed E-state index contributed by atoms with van der Waals surface area (Å²) in [6.07, 6.45) is 5.24. The molecule has 2 aliphatic rings. The van der Waals surface area contributed by atoms with Crippen molar-refractivity contribution in [3.8, 4) is 0 Å². The molecule has 2 aromatic heterocycles. The van der Waals surface area contributed by atoms with E-state index in [1.54, 1.807) is 17.0 Å². The summed E-state index contributed by atoms with van der Waals surface area (Å²) in [6.45, 7) is 7.62. The van der Waals surface area contributed by atoms with Gasteiger partial charge in [0.05, 0.1) is 60.9 Å². The van der Waals surface area contributed by atoms with Crippen molar-refractivity contribution in [3.05, 3.63) is 57.2 Å². The molecular formula is C25H28BrN5O4. The number of hydrogen-bond donors (Lipinski definition) is 0. The molecule has 1 aromatic carbocycles. The molecule has 35 heavy (non-hydrogen) atoms. The first-order valence-corrected chi connectivity index (χ1v) is 12.6. The van der Waals surface area contributed by atoms with Gasteiger partial charge >= 0.3 is 5.69 Å². The lowest BCUT2D eigenvalue weighted by Gasteiger charge is -2.15. The minimum absolute atomic E-state index is 0.0358. The number of aliphatic imine (C=N–C) groups is 2. The maximum absolute atomic E-state index is 13.4. The summed E-state index contributed by atoms with van der Waals surface area (Å²) >= 11 is 3.48. The molecule has 2 saturated heterocycles. The Bertz CT molecular complexity index is 1290. The number of ether oxygens (including phenoxy) is 3. The second kappa shape index (κ2) is 10.8. The van der Waals surface area contributed by atoms with E-state index in [1.807, 2.05) is 28.8 Å². The molecule has 3 aromatic rings. The third-order valence-electron chi connectivity index (χ3n) is 6.46. The first kappa shape index (κ1) is 23.9. The van der Waals surface area contributed by atoms with Gasteiger partial charge in [0.25, 0.3) is 0 Å². The number of aromatic nitrogens is 3. The quantitative estimate of drug-likeness (QED) is 0.320. The fourth-order valence-corrected chi connectivity index (χ4v) is 4.96. The van der Waals surface area contributed by atoms with Crippen LogP contribution in [0.3, 0.4) is 0 Å². The van der Waals surface area contributed by atoms with Crippen molar-refractivity contribution in [2.24, 2.45) is 15.9 Å². The van der Waals surface area contributed by atoms with Gasteiger partial charge in [-0.2, -0.15) is 0 Å². The first-order chi connectivity index (χ1) is 17.2. The fourth-order valence-electron chi connectivity index (χ4n) is 4.61. The first-order valence-electron chi connectivity index (χ1n) is 11.8. The monoisotopic (exact) mass is 541 g/mol. The smallest absolute Gasteiger partial charge is 0.329 e. The van der Waals surface area contributed by atoms with Gasteiger partial charge in [-0.15, -0.1) is 0 Å². The van der Waals surface area contributed by atoms with E-state index in [4.69, 9.17) is 19.2 Å². The van der Waals surface area contributed by atoms with Crippen LogP contribution < -0.4 is 5.69 Å². The molecule has 0 spiro atoms. The minimum Gasteiger partial charge on any atom is -0.477 e. The van der Waals surface area contributed by atoms with E-state index in [2.05, 4.69) is 32.6 Å². The summed E-state index contributed by atoms with van der Waals surface area (Å²) < 4.78 is 21.7. The summed E-state index contributed by atoms with van der Waals surface area (Å²) in [6, 6.07) is 7.65. The Labute approximate surface area is 211 Å². The van der Waals surface area contributed by atoms with Gasteiger partial charge in [0.2, 0.25) is 5.90 Å². The van der Waals surface area contributed by atoms with Crippen LogP contribution in [0, 0.1) is 5.92 Å². The van der Waals surface area contributed by atoms with Gasteiger partial charge < -0.3 is 14.2 Å². The average molecular weight is 542 g/mol. The SMILES string of the molecule is C=Nc1cc(Br)ccc1C(=NCCn1c(=O)n(C2CCOC2)c2ccncc21)OCC1CCOC1. The topological polar surface area (TPSA) is 92.2 Å². The molecule has 2 fully saturated rings. The number of benzene rings is 1. The van der Waals surface area contributed by atoms with Gasteiger partial charge in [-0.1, -0.05) is 15.9 Å². The minimum atomic E-state index is -0.0682. The molecule has 184 valence electrons. The predicted octanol–water partition coefficient (Wildman–Crippen LogP) is 3.75. The highest BCUT2D eigenvalue weighted by Crippen LogP contribution is 2.26. The highest BCUT2D eigenvalue weighted by atomic mass is 79.9. The Balaban J connectivity index is 1.43. The van der Waals surface area contributed by atoms with E-state index in [9.17, 15) is 4.79 Å². The summed E-state index contributed by atoms with van der Waals surface area (Å²) in [5.74, 6) is 0.821. The van der Waals surface area contributed by atoms with Crippen LogP contribution >= 0.6 is 15.9 Å². The van der Waals surface area contributed by atoms with Crippen LogP contribution in [0.2, 0.25) is 0 Å². The van der Waals surface area contributed by atoms with Crippen LogP contribution in [0.1, 0.15) is 24.4 Å². The van der Waals surface area contributed by atoms with Crippen LogP contribution in [-0.2, 0) is 20.8 Å². The summed E-state index contributed by atoms with van der Waals surface area (Å²) in [4.78, 5) is 26.6. The van der Waals surface area contributed by atoms with Crippen molar-refractivity contribution in [3.63, 3.8) is 0 Å². The van der Waals surface area contributed by atoms with Crippen LogP contribution in [0.5, 0.6) is 0 Å². The zero-order valence-corrected chi connectivity index (χ0v) is 21.0. The predicted molar refractivity (Wildman–Crippen MR) is 138 cm³/mol. The van der Waals surface area contributed by atoms with Gasteiger partial charge in [-0.05, 0) is 43.8 Å². The molecule has 2 unspecified atom stereocenters. The van der Waals surface area contributed by atoms with Crippen molar-refractivity contribution in [2.45, 2.75) is 25.4 Å². The number of nitrogens with zero attached hydrogens (tertiary/aromatic N) is 5. The number of imidazole rings is 1. The third-order valence-corrected chi connectivity index (χ3v) is 6.95. The maximum Gasteiger partial charge on any atom is 0.329 e. The van der Waals surface area contributed by atoms with Gasteiger partial charge in [0, 0.05) is 36.3 Å². The van der Waals surface area contributed by atoms with Crippen molar-refractivity contribution in [1.82, 2.24) is 14.1 Å². The van der Waals surface area contributed by atoms with Crippen LogP contribution in [0.15, 0.2) is 55.9 Å². The molecule has 0 N–H and O–H groups in total. The summed E-state index contributed by atoms with van der Waals surface area (Å²) in [5.41, 5.74) is 3.04. The van der Waals surface area contributed by atoms with Crippen molar-refractivity contribution >= 4 is 45.3 Å². The Morgan fingerprint density at radius 3 is 2.83 bits per heavy atom. The number of rotatable bonds is 8. The number of fused-ring (bicyclic) bond motifs is 1. The molecule has 2 aliphatic heterocycles. The highest BCUT2D eigenvalue weighted by molar-refractivity contribution is 9.10. The summed E-state index contributed by atoms with van der Waals surface area (Å²) in [5, 5.41) is 0. The van der Waals surface area contributed by atoms with E-state index in [0.29, 0.717) is 57.0 Å². The zero-order valence-electron chi connectivity index (χ0n) is 19.4. The molecule has 4 heterocycles. The van der Waals surface area contributed by atoms with Crippen molar-refractivity contribution < 1.29 is 14.2 Å². The largest absolute Gasteiger partial charge is 0.477 e. The van der Waals surface area contributed by atoms with Gasteiger partial charge in [-0.3, -0.25) is 19.1 Å². The van der Waals surface area contributed by atoms with E-state index >= 15 is 0 Å². The molecule has 0 aliphatic carbocycles. The number of pyridine rings is 1. The fraction of sp³-hybridized carbons (Fsp3) is 0.440. The molecule has 0 amide bonds. The van der Waals surface area contributed by atoms with E-state index in [-0.39, 0.29) is 11.7 Å². The lowest BCUT2D eigenvalue weighted by Crippen LogP contribution is -2.28. The normalized spacial score (nSPS) is 20.5. The Hall–Kier alpha value is -2.82. The van der Waals surface area contributed by atoms with E-state index in [1.165, 1.54) is 0 Å². The Morgan fingerprint density at radius 1 is 1.20 bits per heavy atom. The molecule has 9 nitrogen and oxygen atoms in total. The number of halogens is 1. The van der Waals surface area contributed by atoms with Crippen molar-refractivity contribution in [2.75, 3.05) is 39.6 Å². The van der Waals surface area contributed by atoms with Gasteiger partial charge in [0.15, 0.2) is 0 Å². The van der Waals surface area contributed by atoms with Crippen LogP contribution in [0.4, 0.5) is 5.69 Å². The maximum atomic E-state index is 13.4. The van der Waals surface area contributed by atoms with Crippen molar-refractivity contribution in [1.29, 1.82) is 0 Å². The third kappa shape index (κ3) is 5.10. The molecular weight excluding hydrogens is 514 g/mol. The molecule has 10 heteroatoms. The van der Waals surface area contributed by atoms with Crippen LogP contribution in [-0.4, -0.2) is 66.3 Å². The molecule has 0 radical (unpaired) electrons. The highest BCUT2D eigenvalue weighted by Gasteiger charge is 2.24. The molecule has 2 atom stereocenters. The van der Waals surface area contributed by atoms with E-state index < -0.39 is 0 Å². The Morgan fingerprint density at radius 2 is 2.06 bits per heavy atom. The Kier molecular flexibility index (Phi) is 7.40. The molecule has 5 rings (SSSR count). The lowest BCUT2D eigenvalue weighted by atomic mass is 10.1. The summed E-state index contributed by atoms with van der Waals surface area (Å²) in [7, 11) is 0. The second-order valence-corrected chi connectivity index (χ2v) is 9.65. The lowest BCUT2D eigenvalue weighted by molar-refractivity contribution is 0.164. The van der Waals surface area contributed by atoms with E-state index in [0.717, 1.165) is 40.5 Å². The zero-order chi connectivity index (χ0) is 24.2. The standard InChI is InChI=1S/C25H28BrN5O4/c1-27-21-12-18(26)2-3-20(21)24(35-15-17-5-10-33-14-17)29-8-9-30-23-13-28-7-4-22(23)31(25(30)32)19-6-11-34-16-19/h2-4,7,12-13,17,19H,1,5-6,8-11,14-16H2. The van der Waals surface area contributed by atoms with Gasteiger partial charge in [-0.25, -0.2) is 9.79 Å². The number of hydrogen-bond acceptors (Lipinski definition) is 7. The second-order valence-electron chi connectivity index (χ2n) is 8.73. The van der Waals surface area contributed by atoms with Crippen LogP contribution in [0.25, 0.3) is 11.0 Å². The molecule has 0 saturated carbocycles. The molecule has 0 bridgehead atoms. The average Bonchev–Trinajstić information content (AvgIpc) is 3.63.